The molecular formula is C14H19N5O3. The molecular weight excluding hydrogens is 286 g/mol. The fourth-order valence-corrected chi connectivity index (χ4v) is 1.97. The average molecular weight is 305 g/mol. The van der Waals surface area contributed by atoms with E-state index in [1.54, 1.807) is 25.6 Å². The van der Waals surface area contributed by atoms with Crippen LogP contribution < -0.4 is 10.1 Å². The standard InChI is InChI=1S/C14H19N5O3/c1-10(13-18-16-9-19(13)6-7-21-2)17-14(20)11-4-5-15-12(8-11)22-3/h4-5,8-10H,6-7H2,1-3H3,(H,17,20)/t10-/m1/s1. The zero-order valence-electron chi connectivity index (χ0n) is 12.8. The van der Waals surface area contributed by atoms with Crippen LogP contribution >= 0.6 is 0 Å². The molecule has 0 fully saturated rings. The summed E-state index contributed by atoms with van der Waals surface area (Å²) in [4.78, 5) is 16.2. The van der Waals surface area contributed by atoms with Crippen molar-refractivity contribution in [1.29, 1.82) is 0 Å². The van der Waals surface area contributed by atoms with E-state index in [2.05, 4.69) is 20.5 Å². The third-order valence-corrected chi connectivity index (χ3v) is 3.12. The minimum absolute atomic E-state index is 0.227. The number of nitrogens with one attached hydrogen (secondary N) is 1. The van der Waals surface area contributed by atoms with E-state index >= 15 is 0 Å². The van der Waals surface area contributed by atoms with Gasteiger partial charge in [0.1, 0.15) is 6.33 Å². The molecule has 0 radical (unpaired) electrons. The molecule has 8 heteroatoms. The summed E-state index contributed by atoms with van der Waals surface area (Å²) in [5.41, 5.74) is 0.474. The third kappa shape index (κ3) is 3.79. The highest BCUT2D eigenvalue weighted by Gasteiger charge is 2.17. The summed E-state index contributed by atoms with van der Waals surface area (Å²) in [5, 5.41) is 10.8. The number of rotatable bonds is 7. The van der Waals surface area contributed by atoms with Crippen LogP contribution in [0.15, 0.2) is 24.7 Å². The van der Waals surface area contributed by atoms with E-state index in [1.165, 1.54) is 13.3 Å². The molecule has 22 heavy (non-hydrogen) atoms. The molecule has 2 aromatic heterocycles. The topological polar surface area (TPSA) is 91.2 Å². The van der Waals surface area contributed by atoms with Gasteiger partial charge in [0.05, 0.1) is 19.8 Å². The highest BCUT2D eigenvalue weighted by atomic mass is 16.5. The highest BCUT2D eigenvalue weighted by Crippen LogP contribution is 2.12. The fraction of sp³-hybridized carbons (Fsp3) is 0.429. The Labute approximate surface area is 128 Å². The Morgan fingerprint density at radius 2 is 2.27 bits per heavy atom. The maximum atomic E-state index is 12.3. The van der Waals surface area contributed by atoms with E-state index in [0.29, 0.717) is 30.4 Å². The van der Waals surface area contributed by atoms with Crippen LogP contribution in [0.2, 0.25) is 0 Å². The molecule has 0 bridgehead atoms. The molecule has 0 unspecified atom stereocenters. The van der Waals surface area contributed by atoms with E-state index < -0.39 is 0 Å². The third-order valence-electron chi connectivity index (χ3n) is 3.12. The van der Waals surface area contributed by atoms with Crippen LogP contribution in [0, 0.1) is 0 Å². The molecule has 2 rings (SSSR count). The summed E-state index contributed by atoms with van der Waals surface area (Å²) in [6, 6.07) is 2.92. The van der Waals surface area contributed by atoms with Crippen LogP contribution in [0.25, 0.3) is 0 Å². The van der Waals surface area contributed by atoms with Gasteiger partial charge in [0.2, 0.25) is 5.88 Å². The molecule has 118 valence electrons. The van der Waals surface area contributed by atoms with Crippen LogP contribution in [0.1, 0.15) is 29.1 Å². The van der Waals surface area contributed by atoms with E-state index in [4.69, 9.17) is 9.47 Å². The molecule has 0 saturated heterocycles. The molecule has 1 amide bonds. The number of hydrogen-bond acceptors (Lipinski definition) is 6. The molecule has 0 aromatic carbocycles. The smallest absolute Gasteiger partial charge is 0.252 e. The first-order valence-corrected chi connectivity index (χ1v) is 6.83. The van der Waals surface area contributed by atoms with Gasteiger partial charge in [0, 0.05) is 31.5 Å². The van der Waals surface area contributed by atoms with Crippen molar-refractivity contribution >= 4 is 5.91 Å². The second-order valence-electron chi connectivity index (χ2n) is 4.66. The first-order chi connectivity index (χ1) is 10.7. The van der Waals surface area contributed by atoms with Crippen LogP contribution in [0.5, 0.6) is 5.88 Å². The molecule has 2 aromatic rings. The van der Waals surface area contributed by atoms with Crippen molar-refractivity contribution in [3.63, 3.8) is 0 Å². The van der Waals surface area contributed by atoms with Crippen molar-refractivity contribution in [2.24, 2.45) is 0 Å². The lowest BCUT2D eigenvalue weighted by atomic mass is 10.2. The van der Waals surface area contributed by atoms with Crippen LogP contribution in [-0.2, 0) is 11.3 Å². The SMILES string of the molecule is COCCn1cnnc1[C@@H](C)NC(=O)c1ccnc(OC)c1. The predicted molar refractivity (Wildman–Crippen MR) is 78.6 cm³/mol. The predicted octanol–water partition coefficient (Wildman–Crippen LogP) is 0.819. The number of carbonyl (C=O) groups excluding carboxylic acids is 1. The molecule has 0 saturated carbocycles. The van der Waals surface area contributed by atoms with Gasteiger partial charge in [-0.2, -0.15) is 0 Å². The highest BCUT2D eigenvalue weighted by molar-refractivity contribution is 5.94. The largest absolute Gasteiger partial charge is 0.481 e. The molecule has 2 heterocycles. The maximum absolute atomic E-state index is 12.3. The van der Waals surface area contributed by atoms with Crippen molar-refractivity contribution in [1.82, 2.24) is 25.1 Å². The quantitative estimate of drug-likeness (QED) is 0.814. The Kier molecular flexibility index (Phi) is 5.42. The average Bonchev–Trinajstić information content (AvgIpc) is 3.01. The number of hydrogen-bond donors (Lipinski definition) is 1. The summed E-state index contributed by atoms with van der Waals surface area (Å²) in [5.74, 6) is 0.837. The molecule has 1 N–H and O–H groups in total. The van der Waals surface area contributed by atoms with Crippen molar-refractivity contribution < 1.29 is 14.3 Å². The summed E-state index contributed by atoms with van der Waals surface area (Å²) in [7, 11) is 3.14. The molecule has 0 aliphatic carbocycles. The van der Waals surface area contributed by atoms with Gasteiger partial charge in [0.25, 0.3) is 5.91 Å². The minimum Gasteiger partial charge on any atom is -0.481 e. The summed E-state index contributed by atoms with van der Waals surface area (Å²) < 4.78 is 11.9. The fourth-order valence-electron chi connectivity index (χ4n) is 1.97. The second-order valence-corrected chi connectivity index (χ2v) is 4.66. The van der Waals surface area contributed by atoms with Gasteiger partial charge in [0.15, 0.2) is 5.82 Å². The Morgan fingerprint density at radius 3 is 3.00 bits per heavy atom. The molecule has 0 aliphatic rings. The van der Waals surface area contributed by atoms with Gasteiger partial charge < -0.3 is 19.4 Å². The Bertz CT molecular complexity index is 628. The number of amides is 1. The van der Waals surface area contributed by atoms with E-state index in [1.807, 2.05) is 11.5 Å². The van der Waals surface area contributed by atoms with Crippen LogP contribution in [-0.4, -0.2) is 46.5 Å². The van der Waals surface area contributed by atoms with Crippen molar-refractivity contribution in [2.75, 3.05) is 20.8 Å². The van der Waals surface area contributed by atoms with Gasteiger partial charge in [-0.15, -0.1) is 10.2 Å². The molecule has 8 nitrogen and oxygen atoms in total. The maximum Gasteiger partial charge on any atom is 0.252 e. The van der Waals surface area contributed by atoms with E-state index in [9.17, 15) is 4.79 Å². The number of carbonyl (C=O) groups is 1. The van der Waals surface area contributed by atoms with E-state index in [0.717, 1.165) is 0 Å². The molecule has 0 aliphatic heterocycles. The summed E-state index contributed by atoms with van der Waals surface area (Å²) in [6.07, 6.45) is 3.14. The van der Waals surface area contributed by atoms with Crippen LogP contribution in [0.4, 0.5) is 0 Å². The normalized spacial score (nSPS) is 12.0. The van der Waals surface area contributed by atoms with Crippen molar-refractivity contribution in [3.8, 4) is 5.88 Å². The zero-order valence-corrected chi connectivity index (χ0v) is 12.8. The minimum atomic E-state index is -0.286. The number of nitrogens with zero attached hydrogens (tertiary/aromatic N) is 4. The lowest BCUT2D eigenvalue weighted by molar-refractivity contribution is 0.0936. The lowest BCUT2D eigenvalue weighted by Gasteiger charge is -2.15. The summed E-state index contributed by atoms with van der Waals surface area (Å²) in [6.45, 7) is 3.03. The lowest BCUT2D eigenvalue weighted by Crippen LogP contribution is -2.29. The van der Waals surface area contributed by atoms with Gasteiger partial charge in [-0.1, -0.05) is 0 Å². The first kappa shape index (κ1) is 15.9. The Morgan fingerprint density at radius 1 is 1.45 bits per heavy atom. The van der Waals surface area contributed by atoms with Crippen molar-refractivity contribution in [2.45, 2.75) is 19.5 Å². The first-order valence-electron chi connectivity index (χ1n) is 6.83. The van der Waals surface area contributed by atoms with Gasteiger partial charge in [-0.05, 0) is 13.0 Å². The van der Waals surface area contributed by atoms with Gasteiger partial charge in [-0.25, -0.2) is 4.98 Å². The Hall–Kier alpha value is -2.48. The van der Waals surface area contributed by atoms with Crippen molar-refractivity contribution in [3.05, 3.63) is 36.0 Å². The molecule has 1 atom stereocenters. The zero-order chi connectivity index (χ0) is 15.9. The monoisotopic (exact) mass is 305 g/mol. The second kappa shape index (κ2) is 7.51. The number of pyridine rings is 1. The van der Waals surface area contributed by atoms with Crippen LogP contribution in [0.3, 0.4) is 0 Å². The summed E-state index contributed by atoms with van der Waals surface area (Å²) >= 11 is 0. The number of ether oxygens (including phenoxy) is 2. The van der Waals surface area contributed by atoms with Gasteiger partial charge >= 0.3 is 0 Å². The number of methoxy groups -OCH3 is 2. The van der Waals surface area contributed by atoms with E-state index in [-0.39, 0.29) is 11.9 Å². The molecule has 0 spiro atoms. The Balaban J connectivity index is 2.06. The van der Waals surface area contributed by atoms with Gasteiger partial charge in [-0.3, -0.25) is 4.79 Å². The number of aromatic nitrogens is 4.